The Balaban J connectivity index is 1.83. The van der Waals surface area contributed by atoms with E-state index in [-0.39, 0.29) is 11.5 Å². The number of fused-ring (bicyclic) bond motifs is 1. The van der Waals surface area contributed by atoms with Gasteiger partial charge in [-0.3, -0.25) is 4.79 Å². The number of hydrogen-bond donors (Lipinski definition) is 4. The normalized spacial score (nSPS) is 18.8. The first kappa shape index (κ1) is 16.6. The number of carboxylic acid groups (broad SMARTS) is 1. The van der Waals surface area contributed by atoms with Crippen LogP contribution in [0.1, 0.15) is 51.6 Å². The van der Waals surface area contributed by atoms with Crippen LogP contribution in [0.25, 0.3) is 11.6 Å². The molecular formula is C20H21N3O3. The summed E-state index contributed by atoms with van der Waals surface area (Å²) in [6, 6.07) is 7.54. The van der Waals surface area contributed by atoms with Crippen molar-refractivity contribution >= 4 is 29.2 Å². The molecule has 0 spiro atoms. The number of carboxylic acids is 1. The van der Waals surface area contributed by atoms with E-state index in [1.807, 2.05) is 12.1 Å². The van der Waals surface area contributed by atoms with Crippen LogP contribution in [0.15, 0.2) is 24.3 Å². The average Bonchev–Trinajstić information content (AvgIpc) is 3.16. The summed E-state index contributed by atoms with van der Waals surface area (Å²) in [4.78, 5) is 27.2. The van der Waals surface area contributed by atoms with Gasteiger partial charge in [0.2, 0.25) is 0 Å². The van der Waals surface area contributed by atoms with Gasteiger partial charge in [0.1, 0.15) is 0 Å². The summed E-state index contributed by atoms with van der Waals surface area (Å²) in [6.45, 7) is 3.74. The minimum Gasteiger partial charge on any atom is -0.478 e. The molecule has 1 aromatic carbocycles. The second-order valence-electron chi connectivity index (χ2n) is 6.89. The van der Waals surface area contributed by atoms with Crippen LogP contribution >= 0.6 is 0 Å². The summed E-state index contributed by atoms with van der Waals surface area (Å²) in [7, 11) is 0. The minimum absolute atomic E-state index is 0.176. The Bertz CT molecular complexity index is 920. The monoisotopic (exact) mass is 351 g/mol. The van der Waals surface area contributed by atoms with Crippen molar-refractivity contribution in [3.63, 3.8) is 0 Å². The molecule has 134 valence electrons. The molecule has 4 N–H and O–H groups in total. The third-order valence-corrected chi connectivity index (χ3v) is 5.14. The van der Waals surface area contributed by atoms with E-state index in [1.165, 1.54) is 0 Å². The fourth-order valence-corrected chi connectivity index (χ4v) is 3.93. The van der Waals surface area contributed by atoms with Crippen molar-refractivity contribution in [3.8, 4) is 0 Å². The second kappa shape index (κ2) is 6.46. The number of rotatable bonds is 3. The molecule has 6 heteroatoms. The first-order valence-electron chi connectivity index (χ1n) is 8.84. The fraction of sp³-hybridized carbons (Fsp3) is 0.300. The summed E-state index contributed by atoms with van der Waals surface area (Å²) in [6.07, 6.45) is 3.72. The van der Waals surface area contributed by atoms with Gasteiger partial charge in [-0.25, -0.2) is 4.79 Å². The van der Waals surface area contributed by atoms with E-state index < -0.39 is 5.97 Å². The van der Waals surface area contributed by atoms with Crippen molar-refractivity contribution in [3.05, 3.63) is 52.3 Å². The summed E-state index contributed by atoms with van der Waals surface area (Å²) < 4.78 is 0. The number of piperidine rings is 1. The Morgan fingerprint density at radius 1 is 1.27 bits per heavy atom. The van der Waals surface area contributed by atoms with E-state index in [0.29, 0.717) is 17.2 Å². The number of hydrogen-bond acceptors (Lipinski definition) is 3. The highest BCUT2D eigenvalue weighted by Crippen LogP contribution is 2.41. The molecular weight excluding hydrogens is 330 g/mol. The molecule has 4 rings (SSSR count). The lowest BCUT2D eigenvalue weighted by atomic mass is 9.85. The molecule has 0 radical (unpaired) electrons. The van der Waals surface area contributed by atoms with Gasteiger partial charge in [0.05, 0.1) is 16.8 Å². The third-order valence-electron chi connectivity index (χ3n) is 5.14. The van der Waals surface area contributed by atoms with Crippen LogP contribution in [-0.4, -0.2) is 35.1 Å². The second-order valence-corrected chi connectivity index (χ2v) is 6.89. The van der Waals surface area contributed by atoms with Crippen LogP contribution in [0.4, 0.5) is 5.69 Å². The Labute approximate surface area is 151 Å². The standard InChI is InChI=1S/C20H21N3O3/c1-11-9-14(20(25)26)17(22-11)10-15-18-13(12-5-7-21-8-6-12)3-2-4-16(18)23-19(15)24/h2-4,9-10,12,21-22H,5-8H2,1H3,(H,23,24)(H,25,26)/b15-10-. The molecule has 26 heavy (non-hydrogen) atoms. The Morgan fingerprint density at radius 2 is 2.04 bits per heavy atom. The van der Waals surface area contributed by atoms with Crippen molar-refractivity contribution in [1.29, 1.82) is 0 Å². The van der Waals surface area contributed by atoms with Gasteiger partial charge in [0.15, 0.2) is 0 Å². The van der Waals surface area contributed by atoms with Gasteiger partial charge in [-0.05, 0) is 62.5 Å². The lowest BCUT2D eigenvalue weighted by molar-refractivity contribution is -0.110. The molecule has 0 atom stereocenters. The number of aryl methyl sites for hydroxylation is 1. The summed E-state index contributed by atoms with van der Waals surface area (Å²) in [5.41, 5.74) is 4.78. The fourth-order valence-electron chi connectivity index (χ4n) is 3.93. The first-order chi connectivity index (χ1) is 12.5. The number of anilines is 1. The Kier molecular flexibility index (Phi) is 4.12. The molecule has 0 saturated carbocycles. The molecule has 6 nitrogen and oxygen atoms in total. The minimum atomic E-state index is -1.01. The van der Waals surface area contributed by atoms with Crippen molar-refractivity contribution in [2.24, 2.45) is 0 Å². The lowest BCUT2D eigenvalue weighted by Crippen LogP contribution is -2.27. The number of nitrogens with one attached hydrogen (secondary N) is 3. The molecule has 1 fully saturated rings. The van der Waals surface area contributed by atoms with E-state index in [2.05, 4.69) is 21.7 Å². The number of aromatic nitrogens is 1. The predicted octanol–water partition coefficient (Wildman–Crippen LogP) is 2.98. The van der Waals surface area contributed by atoms with E-state index in [4.69, 9.17) is 0 Å². The number of carbonyl (C=O) groups is 2. The van der Waals surface area contributed by atoms with Gasteiger partial charge in [-0.15, -0.1) is 0 Å². The molecule has 3 heterocycles. The van der Waals surface area contributed by atoms with Crippen LogP contribution in [0, 0.1) is 6.92 Å². The molecule has 0 aliphatic carbocycles. The van der Waals surface area contributed by atoms with E-state index in [9.17, 15) is 14.7 Å². The number of aromatic carboxylic acids is 1. The quantitative estimate of drug-likeness (QED) is 0.640. The molecule has 1 saturated heterocycles. The van der Waals surface area contributed by atoms with Crippen molar-refractivity contribution in [2.45, 2.75) is 25.7 Å². The zero-order chi connectivity index (χ0) is 18.3. The SMILES string of the molecule is Cc1cc(C(=O)O)c(/C=C2\C(=O)Nc3cccc(C4CCNCC4)c32)[nH]1. The first-order valence-corrected chi connectivity index (χ1v) is 8.84. The summed E-state index contributed by atoms with van der Waals surface area (Å²) >= 11 is 0. The van der Waals surface area contributed by atoms with Gasteiger partial charge >= 0.3 is 5.97 Å². The van der Waals surface area contributed by atoms with E-state index in [1.54, 1.807) is 19.1 Å². The molecule has 0 unspecified atom stereocenters. The highest BCUT2D eigenvalue weighted by molar-refractivity contribution is 6.35. The summed E-state index contributed by atoms with van der Waals surface area (Å²) in [5.74, 6) is -0.803. The van der Waals surface area contributed by atoms with Crippen molar-refractivity contribution in [1.82, 2.24) is 10.3 Å². The highest BCUT2D eigenvalue weighted by atomic mass is 16.4. The molecule has 2 aliphatic heterocycles. The third kappa shape index (κ3) is 2.82. The molecule has 2 aromatic rings. The van der Waals surface area contributed by atoms with Crippen molar-refractivity contribution in [2.75, 3.05) is 18.4 Å². The van der Waals surface area contributed by atoms with E-state index in [0.717, 1.165) is 48.4 Å². The number of carbonyl (C=O) groups excluding carboxylic acids is 1. The molecule has 2 aliphatic rings. The van der Waals surface area contributed by atoms with Crippen LogP contribution < -0.4 is 10.6 Å². The van der Waals surface area contributed by atoms with Crippen LogP contribution in [0.5, 0.6) is 0 Å². The molecule has 1 aromatic heterocycles. The topological polar surface area (TPSA) is 94.2 Å². The predicted molar refractivity (Wildman–Crippen MR) is 100 cm³/mol. The molecule has 0 bridgehead atoms. The van der Waals surface area contributed by atoms with Crippen LogP contribution in [0.2, 0.25) is 0 Å². The zero-order valence-corrected chi connectivity index (χ0v) is 14.6. The zero-order valence-electron chi connectivity index (χ0n) is 14.6. The Hall–Kier alpha value is -2.86. The smallest absolute Gasteiger partial charge is 0.337 e. The number of H-pyrrole nitrogens is 1. The highest BCUT2D eigenvalue weighted by Gasteiger charge is 2.30. The number of amides is 1. The Morgan fingerprint density at radius 3 is 2.77 bits per heavy atom. The summed E-state index contributed by atoms with van der Waals surface area (Å²) in [5, 5.41) is 15.7. The maximum absolute atomic E-state index is 12.6. The maximum atomic E-state index is 12.6. The van der Waals surface area contributed by atoms with Crippen LogP contribution in [0.3, 0.4) is 0 Å². The number of benzene rings is 1. The largest absolute Gasteiger partial charge is 0.478 e. The maximum Gasteiger partial charge on any atom is 0.337 e. The molecule has 1 amide bonds. The van der Waals surface area contributed by atoms with Crippen LogP contribution in [-0.2, 0) is 4.79 Å². The van der Waals surface area contributed by atoms with Crippen molar-refractivity contribution < 1.29 is 14.7 Å². The lowest BCUT2D eigenvalue weighted by Gasteiger charge is -2.25. The van der Waals surface area contributed by atoms with Gasteiger partial charge < -0.3 is 20.7 Å². The van der Waals surface area contributed by atoms with Gasteiger partial charge in [-0.1, -0.05) is 12.1 Å². The van der Waals surface area contributed by atoms with Gasteiger partial charge in [0.25, 0.3) is 5.91 Å². The number of aromatic amines is 1. The average molecular weight is 351 g/mol. The van der Waals surface area contributed by atoms with Gasteiger partial charge in [0, 0.05) is 16.9 Å². The van der Waals surface area contributed by atoms with Gasteiger partial charge in [-0.2, -0.15) is 0 Å². The van der Waals surface area contributed by atoms with E-state index >= 15 is 0 Å².